The third kappa shape index (κ3) is 1.46. The molecule has 1 aromatic rings. The van der Waals surface area contributed by atoms with Crippen LogP contribution in [0.4, 0.5) is 5.69 Å². The number of carbonyl (C=O) groups excluding carboxylic acids is 1. The number of hydrogen-bond donors (Lipinski definition) is 1. The van der Waals surface area contributed by atoms with E-state index in [4.69, 9.17) is 14.6 Å². The highest BCUT2D eigenvalue weighted by atomic mass is 28.4. The second-order valence-corrected chi connectivity index (χ2v) is 6.85. The van der Waals surface area contributed by atoms with Crippen molar-refractivity contribution in [2.45, 2.75) is 13.1 Å². The third-order valence-corrected chi connectivity index (χ3v) is 3.31. The molecule has 0 aliphatic carbocycles. The highest BCUT2D eigenvalue weighted by molar-refractivity contribution is 6.67. The molecule has 14 heavy (non-hydrogen) atoms. The van der Waals surface area contributed by atoms with Crippen LogP contribution in [0.1, 0.15) is 10.4 Å². The van der Waals surface area contributed by atoms with Gasteiger partial charge in [0.25, 0.3) is 0 Å². The molecular weight excluding hydrogens is 198 g/mol. The Kier molecular flexibility index (Phi) is 1.78. The lowest BCUT2D eigenvalue weighted by atomic mass is 10.2. The number of fused-ring (bicyclic) bond motifs is 1. The summed E-state index contributed by atoms with van der Waals surface area (Å²) in [4.78, 5) is 11.5. The van der Waals surface area contributed by atoms with Gasteiger partial charge in [0, 0.05) is 24.8 Å². The lowest BCUT2D eigenvalue weighted by Crippen LogP contribution is -2.44. The third-order valence-electron chi connectivity index (χ3n) is 1.92. The fourth-order valence-corrected chi connectivity index (χ4v) is 2.65. The Morgan fingerprint density at radius 2 is 2.00 bits per heavy atom. The molecule has 1 aromatic carbocycles. The maximum atomic E-state index is 11.5. The minimum atomic E-state index is -2.33. The van der Waals surface area contributed by atoms with Crippen molar-refractivity contribution in [1.29, 1.82) is 0 Å². The minimum absolute atomic E-state index is 0.317. The largest absolute Gasteiger partial charge is 0.511 e. The van der Waals surface area contributed by atoms with Crippen molar-refractivity contribution < 1.29 is 13.6 Å². The molecule has 0 bridgehead atoms. The summed E-state index contributed by atoms with van der Waals surface area (Å²) >= 11 is 0. The maximum Gasteiger partial charge on any atom is 0.456 e. The zero-order valence-corrected chi connectivity index (χ0v) is 9.03. The van der Waals surface area contributed by atoms with Crippen molar-refractivity contribution in [3.05, 3.63) is 23.8 Å². The topological polar surface area (TPSA) is 61.5 Å². The van der Waals surface area contributed by atoms with Crippen LogP contribution in [-0.4, -0.2) is 14.5 Å². The normalized spacial score (nSPS) is 18.0. The molecular formula is C9H11NO3Si. The van der Waals surface area contributed by atoms with Gasteiger partial charge in [-0.15, -0.1) is 0 Å². The first kappa shape index (κ1) is 9.08. The molecule has 4 nitrogen and oxygen atoms in total. The van der Waals surface area contributed by atoms with Crippen molar-refractivity contribution in [3.8, 4) is 5.75 Å². The van der Waals surface area contributed by atoms with Gasteiger partial charge in [-0.05, 0) is 12.1 Å². The monoisotopic (exact) mass is 209 g/mol. The number of hydrogen-bond acceptors (Lipinski definition) is 4. The van der Waals surface area contributed by atoms with Crippen LogP contribution in [0, 0.1) is 0 Å². The number of nitrogens with two attached hydrogens (primary N) is 1. The minimum Gasteiger partial charge on any atom is -0.511 e. The Hall–Kier alpha value is -1.49. The molecule has 0 fully saturated rings. The predicted molar refractivity (Wildman–Crippen MR) is 54.4 cm³/mol. The van der Waals surface area contributed by atoms with Crippen LogP contribution in [-0.2, 0) is 4.43 Å². The van der Waals surface area contributed by atoms with E-state index < -0.39 is 8.56 Å². The quantitative estimate of drug-likeness (QED) is 0.520. The second kappa shape index (κ2) is 2.75. The van der Waals surface area contributed by atoms with Gasteiger partial charge in [0.15, 0.2) is 0 Å². The zero-order valence-electron chi connectivity index (χ0n) is 8.03. The van der Waals surface area contributed by atoms with Crippen LogP contribution in [0.5, 0.6) is 5.75 Å². The lowest BCUT2D eigenvalue weighted by Gasteiger charge is -2.29. The zero-order chi connectivity index (χ0) is 10.3. The summed E-state index contributed by atoms with van der Waals surface area (Å²) in [5.74, 6) is 0.223. The Morgan fingerprint density at radius 3 is 2.71 bits per heavy atom. The number of benzene rings is 1. The molecule has 2 N–H and O–H groups in total. The smallest absolute Gasteiger partial charge is 0.456 e. The van der Waals surface area contributed by atoms with Crippen LogP contribution in [0.15, 0.2) is 18.2 Å². The van der Waals surface area contributed by atoms with E-state index in [9.17, 15) is 4.79 Å². The first-order valence-electron chi connectivity index (χ1n) is 4.30. The Labute approximate surface area is 82.9 Å². The number of anilines is 1. The molecule has 0 saturated carbocycles. The van der Waals surface area contributed by atoms with Crippen molar-refractivity contribution in [1.82, 2.24) is 0 Å². The van der Waals surface area contributed by atoms with Crippen LogP contribution < -0.4 is 10.2 Å². The molecule has 1 aliphatic heterocycles. The molecule has 1 heterocycles. The molecule has 0 saturated heterocycles. The van der Waals surface area contributed by atoms with E-state index in [-0.39, 0.29) is 5.97 Å². The van der Waals surface area contributed by atoms with Crippen molar-refractivity contribution in [2.24, 2.45) is 0 Å². The van der Waals surface area contributed by atoms with Gasteiger partial charge in [0.2, 0.25) is 0 Å². The van der Waals surface area contributed by atoms with Gasteiger partial charge in [-0.2, -0.15) is 0 Å². The summed E-state index contributed by atoms with van der Waals surface area (Å²) in [5.41, 5.74) is 6.64. The van der Waals surface area contributed by atoms with E-state index in [1.54, 1.807) is 18.2 Å². The van der Waals surface area contributed by atoms with E-state index in [0.29, 0.717) is 17.0 Å². The van der Waals surface area contributed by atoms with Gasteiger partial charge >= 0.3 is 14.5 Å². The number of nitrogen functional groups attached to an aromatic ring is 1. The molecule has 0 unspecified atom stereocenters. The fraction of sp³-hybridized carbons (Fsp3) is 0.222. The summed E-state index contributed by atoms with van der Waals surface area (Å²) in [7, 11) is -2.33. The molecule has 0 atom stereocenters. The average molecular weight is 209 g/mol. The van der Waals surface area contributed by atoms with E-state index in [1.807, 2.05) is 13.1 Å². The second-order valence-electron chi connectivity index (χ2n) is 3.65. The van der Waals surface area contributed by atoms with Crippen LogP contribution in [0.3, 0.4) is 0 Å². The van der Waals surface area contributed by atoms with Gasteiger partial charge in [-0.25, -0.2) is 4.79 Å². The summed E-state index contributed by atoms with van der Waals surface area (Å²) in [6.45, 7) is 3.63. The van der Waals surface area contributed by atoms with Gasteiger partial charge in [0.1, 0.15) is 5.75 Å². The highest BCUT2D eigenvalue weighted by Gasteiger charge is 2.38. The summed E-state index contributed by atoms with van der Waals surface area (Å²) in [6.07, 6.45) is 0. The molecule has 0 spiro atoms. The Balaban J connectivity index is 2.51. The lowest BCUT2D eigenvalue weighted by molar-refractivity contribution is 0.0662. The Bertz CT molecular complexity index is 403. The van der Waals surface area contributed by atoms with E-state index in [2.05, 4.69) is 0 Å². The van der Waals surface area contributed by atoms with Crippen LogP contribution >= 0.6 is 0 Å². The molecule has 0 amide bonds. The van der Waals surface area contributed by atoms with Crippen LogP contribution in [0.2, 0.25) is 13.1 Å². The summed E-state index contributed by atoms with van der Waals surface area (Å²) < 4.78 is 10.8. The summed E-state index contributed by atoms with van der Waals surface area (Å²) in [5, 5.41) is 0. The van der Waals surface area contributed by atoms with Crippen molar-refractivity contribution >= 4 is 20.2 Å². The van der Waals surface area contributed by atoms with E-state index in [1.165, 1.54) is 0 Å². The van der Waals surface area contributed by atoms with Gasteiger partial charge in [-0.3, -0.25) is 0 Å². The van der Waals surface area contributed by atoms with Gasteiger partial charge in [0.05, 0.1) is 5.56 Å². The first-order chi connectivity index (χ1) is 6.48. The molecule has 2 rings (SSSR count). The maximum absolute atomic E-state index is 11.5. The summed E-state index contributed by atoms with van der Waals surface area (Å²) in [6, 6.07) is 4.93. The van der Waals surface area contributed by atoms with E-state index in [0.717, 1.165) is 0 Å². The fourth-order valence-electron chi connectivity index (χ4n) is 1.36. The number of rotatable bonds is 0. The van der Waals surface area contributed by atoms with Crippen molar-refractivity contribution in [3.63, 3.8) is 0 Å². The average Bonchev–Trinajstić information content (AvgIpc) is 2.00. The number of carbonyl (C=O) groups is 1. The first-order valence-corrected chi connectivity index (χ1v) is 7.11. The molecule has 5 heteroatoms. The Morgan fingerprint density at radius 1 is 1.29 bits per heavy atom. The van der Waals surface area contributed by atoms with Crippen molar-refractivity contribution in [2.75, 3.05) is 5.73 Å². The van der Waals surface area contributed by atoms with Gasteiger partial charge < -0.3 is 14.6 Å². The molecule has 0 radical (unpaired) electrons. The highest BCUT2D eigenvalue weighted by Crippen LogP contribution is 2.30. The SMILES string of the molecule is C[Si]1(C)OC(=O)c2ccc(N)cc2O1. The van der Waals surface area contributed by atoms with Crippen LogP contribution in [0.25, 0.3) is 0 Å². The van der Waals surface area contributed by atoms with E-state index >= 15 is 0 Å². The standard InChI is InChI=1S/C9H11NO3Si/c1-14(2)12-8-5-6(10)3-4-7(8)9(11)13-14/h3-5H,10H2,1-2H3. The molecule has 74 valence electrons. The predicted octanol–water partition coefficient (Wildman–Crippen LogP) is 1.52. The van der Waals surface area contributed by atoms with Gasteiger partial charge in [-0.1, -0.05) is 0 Å². The molecule has 1 aliphatic rings. The molecule has 0 aromatic heterocycles.